The lowest BCUT2D eigenvalue weighted by atomic mass is 10.1. The molecule has 0 aliphatic carbocycles. The van der Waals surface area contributed by atoms with Crippen LogP contribution >= 0.6 is 0 Å². The first-order valence-corrected chi connectivity index (χ1v) is 6.56. The first-order chi connectivity index (χ1) is 8.78. The van der Waals surface area contributed by atoms with Crippen LogP contribution in [0.3, 0.4) is 0 Å². The van der Waals surface area contributed by atoms with Gasteiger partial charge in [-0.1, -0.05) is 31.2 Å². The van der Waals surface area contributed by atoms with E-state index in [0.29, 0.717) is 0 Å². The molecule has 0 aliphatic rings. The fourth-order valence-corrected chi connectivity index (χ4v) is 1.91. The van der Waals surface area contributed by atoms with E-state index in [2.05, 4.69) is 41.6 Å². The standard InChI is InChI=1S/C15H21N3/c1-3-9-16-11-14-4-6-15(7-5-14)12-18-10-8-13(2)17-18/h4-8,10,16H,3,9,11-12H2,1-2H3. The first-order valence-electron chi connectivity index (χ1n) is 6.56. The van der Waals surface area contributed by atoms with Gasteiger partial charge in [-0.25, -0.2) is 0 Å². The smallest absolute Gasteiger partial charge is 0.0659 e. The number of aryl methyl sites for hydroxylation is 1. The van der Waals surface area contributed by atoms with Gasteiger partial charge in [0.05, 0.1) is 12.2 Å². The summed E-state index contributed by atoms with van der Waals surface area (Å²) < 4.78 is 1.97. The quantitative estimate of drug-likeness (QED) is 0.791. The highest BCUT2D eigenvalue weighted by Gasteiger charge is 1.98. The summed E-state index contributed by atoms with van der Waals surface area (Å²) in [6.07, 6.45) is 3.20. The third-order valence-electron chi connectivity index (χ3n) is 2.90. The maximum absolute atomic E-state index is 4.39. The van der Waals surface area contributed by atoms with Crippen LogP contribution in [-0.2, 0) is 13.1 Å². The Labute approximate surface area is 109 Å². The number of hydrogen-bond acceptors (Lipinski definition) is 2. The molecule has 0 spiro atoms. The van der Waals surface area contributed by atoms with Gasteiger partial charge in [-0.2, -0.15) is 5.10 Å². The van der Waals surface area contributed by atoms with Crippen molar-refractivity contribution in [3.63, 3.8) is 0 Å². The SMILES string of the molecule is CCCNCc1ccc(Cn2ccc(C)n2)cc1. The third kappa shape index (κ3) is 3.70. The number of rotatable bonds is 6. The van der Waals surface area contributed by atoms with Crippen LogP contribution in [0.25, 0.3) is 0 Å². The van der Waals surface area contributed by atoms with Crippen molar-refractivity contribution in [2.75, 3.05) is 6.54 Å². The minimum absolute atomic E-state index is 0.844. The molecule has 1 aromatic heterocycles. The molecule has 0 atom stereocenters. The van der Waals surface area contributed by atoms with E-state index in [9.17, 15) is 0 Å². The molecule has 0 fully saturated rings. The highest BCUT2D eigenvalue weighted by atomic mass is 15.3. The first kappa shape index (κ1) is 12.8. The maximum atomic E-state index is 4.39. The van der Waals surface area contributed by atoms with Crippen molar-refractivity contribution in [2.24, 2.45) is 0 Å². The van der Waals surface area contributed by atoms with Crippen molar-refractivity contribution < 1.29 is 0 Å². The molecule has 2 aromatic rings. The lowest BCUT2D eigenvalue weighted by Gasteiger charge is -2.05. The van der Waals surface area contributed by atoms with Crippen LogP contribution in [-0.4, -0.2) is 16.3 Å². The molecule has 3 heteroatoms. The third-order valence-corrected chi connectivity index (χ3v) is 2.90. The summed E-state index contributed by atoms with van der Waals surface area (Å²) in [5.41, 5.74) is 3.69. The highest BCUT2D eigenvalue weighted by Crippen LogP contribution is 2.06. The predicted molar refractivity (Wildman–Crippen MR) is 74.5 cm³/mol. The summed E-state index contributed by atoms with van der Waals surface area (Å²) in [5, 5.41) is 7.80. The van der Waals surface area contributed by atoms with Gasteiger partial charge in [-0.05, 0) is 37.1 Å². The highest BCUT2D eigenvalue weighted by molar-refractivity contribution is 5.22. The van der Waals surface area contributed by atoms with E-state index >= 15 is 0 Å². The van der Waals surface area contributed by atoms with Crippen LogP contribution in [0.1, 0.15) is 30.2 Å². The fourth-order valence-electron chi connectivity index (χ4n) is 1.91. The van der Waals surface area contributed by atoms with Crippen molar-refractivity contribution in [3.05, 3.63) is 53.3 Å². The molecule has 3 nitrogen and oxygen atoms in total. The molecule has 0 saturated carbocycles. The summed E-state index contributed by atoms with van der Waals surface area (Å²) in [7, 11) is 0. The average molecular weight is 243 g/mol. The number of aromatic nitrogens is 2. The van der Waals surface area contributed by atoms with Crippen LogP contribution in [0, 0.1) is 6.92 Å². The van der Waals surface area contributed by atoms with Gasteiger partial charge in [-0.3, -0.25) is 4.68 Å². The maximum Gasteiger partial charge on any atom is 0.0659 e. The average Bonchev–Trinajstić information content (AvgIpc) is 2.77. The van der Waals surface area contributed by atoms with Gasteiger partial charge in [-0.15, -0.1) is 0 Å². The Morgan fingerprint density at radius 2 is 1.83 bits per heavy atom. The summed E-state index contributed by atoms with van der Waals surface area (Å²) >= 11 is 0. The van der Waals surface area contributed by atoms with Gasteiger partial charge >= 0.3 is 0 Å². The predicted octanol–water partition coefficient (Wildman–Crippen LogP) is 2.74. The number of nitrogens with one attached hydrogen (secondary N) is 1. The molecular formula is C15H21N3. The van der Waals surface area contributed by atoms with Crippen molar-refractivity contribution in [1.29, 1.82) is 0 Å². The topological polar surface area (TPSA) is 29.9 Å². The molecule has 1 heterocycles. The number of benzene rings is 1. The minimum Gasteiger partial charge on any atom is -0.313 e. The zero-order valence-electron chi connectivity index (χ0n) is 11.2. The lowest BCUT2D eigenvalue weighted by Crippen LogP contribution is -2.13. The van der Waals surface area contributed by atoms with Gasteiger partial charge in [0, 0.05) is 12.7 Å². The monoisotopic (exact) mass is 243 g/mol. The molecule has 0 radical (unpaired) electrons. The van der Waals surface area contributed by atoms with Gasteiger partial charge in [0.25, 0.3) is 0 Å². The van der Waals surface area contributed by atoms with Crippen LogP contribution in [0.2, 0.25) is 0 Å². The summed E-state index contributed by atoms with van der Waals surface area (Å²) in [4.78, 5) is 0. The van der Waals surface area contributed by atoms with E-state index in [-0.39, 0.29) is 0 Å². The summed E-state index contributed by atoms with van der Waals surface area (Å²) in [5.74, 6) is 0. The van der Waals surface area contributed by atoms with Crippen molar-refractivity contribution in [2.45, 2.75) is 33.4 Å². The lowest BCUT2D eigenvalue weighted by molar-refractivity contribution is 0.670. The van der Waals surface area contributed by atoms with Crippen molar-refractivity contribution in [1.82, 2.24) is 15.1 Å². The van der Waals surface area contributed by atoms with E-state index in [1.54, 1.807) is 0 Å². The molecule has 96 valence electrons. The molecule has 0 amide bonds. The van der Waals surface area contributed by atoms with Crippen molar-refractivity contribution >= 4 is 0 Å². The van der Waals surface area contributed by atoms with Gasteiger partial charge in [0.2, 0.25) is 0 Å². The van der Waals surface area contributed by atoms with E-state index in [0.717, 1.165) is 25.3 Å². The second-order valence-corrected chi connectivity index (χ2v) is 4.65. The van der Waals surface area contributed by atoms with Crippen molar-refractivity contribution in [3.8, 4) is 0 Å². The molecule has 18 heavy (non-hydrogen) atoms. The van der Waals surface area contributed by atoms with Crippen LogP contribution in [0.5, 0.6) is 0 Å². The molecule has 0 bridgehead atoms. The van der Waals surface area contributed by atoms with E-state index in [4.69, 9.17) is 0 Å². The van der Waals surface area contributed by atoms with Crippen LogP contribution in [0.15, 0.2) is 36.5 Å². The zero-order chi connectivity index (χ0) is 12.8. The molecule has 0 saturated heterocycles. The summed E-state index contributed by atoms with van der Waals surface area (Å²) in [6.45, 7) is 7.07. The Morgan fingerprint density at radius 1 is 1.11 bits per heavy atom. The van der Waals surface area contributed by atoms with E-state index < -0.39 is 0 Å². The van der Waals surface area contributed by atoms with E-state index in [1.807, 2.05) is 23.9 Å². The number of nitrogens with zero attached hydrogens (tertiary/aromatic N) is 2. The van der Waals surface area contributed by atoms with E-state index in [1.165, 1.54) is 17.5 Å². The minimum atomic E-state index is 0.844. The zero-order valence-corrected chi connectivity index (χ0v) is 11.2. The molecule has 0 aliphatic heterocycles. The normalized spacial score (nSPS) is 10.8. The molecule has 1 aromatic carbocycles. The fraction of sp³-hybridized carbons (Fsp3) is 0.400. The summed E-state index contributed by atoms with van der Waals surface area (Å²) in [6, 6.07) is 10.8. The number of hydrogen-bond donors (Lipinski definition) is 1. The molecule has 0 unspecified atom stereocenters. The Kier molecular flexibility index (Phi) is 4.53. The molecule has 1 N–H and O–H groups in total. The Bertz CT molecular complexity index is 471. The Hall–Kier alpha value is -1.61. The van der Waals surface area contributed by atoms with Crippen LogP contribution < -0.4 is 5.32 Å². The Morgan fingerprint density at radius 3 is 2.44 bits per heavy atom. The largest absolute Gasteiger partial charge is 0.313 e. The molecular weight excluding hydrogens is 222 g/mol. The second-order valence-electron chi connectivity index (χ2n) is 4.65. The van der Waals surface area contributed by atoms with Crippen LogP contribution in [0.4, 0.5) is 0 Å². The Balaban J connectivity index is 1.91. The van der Waals surface area contributed by atoms with Gasteiger partial charge < -0.3 is 5.32 Å². The second kappa shape index (κ2) is 6.36. The van der Waals surface area contributed by atoms with Gasteiger partial charge in [0.1, 0.15) is 0 Å². The van der Waals surface area contributed by atoms with Gasteiger partial charge in [0.15, 0.2) is 0 Å². The molecule has 2 rings (SSSR count).